The fourth-order valence-corrected chi connectivity index (χ4v) is 2.93. The van der Waals surface area contributed by atoms with E-state index in [2.05, 4.69) is 12.2 Å². The number of hydrogen-bond acceptors (Lipinski definition) is 2. The molecule has 0 aliphatic heterocycles. The maximum atomic E-state index is 12.0. The first-order chi connectivity index (χ1) is 8.17. The van der Waals surface area contributed by atoms with Crippen molar-refractivity contribution >= 4 is 10.8 Å². The smallest absolute Gasteiger partial charge is 0.0529 e. The Morgan fingerprint density at radius 1 is 1.29 bits per heavy atom. The molecule has 0 aromatic heterocycles. The van der Waals surface area contributed by atoms with E-state index in [4.69, 9.17) is 0 Å². The molecule has 3 heteroatoms. The molecule has 0 amide bonds. The summed E-state index contributed by atoms with van der Waals surface area (Å²) >= 11 is 0. The van der Waals surface area contributed by atoms with Gasteiger partial charge in [0.05, 0.1) is 10.8 Å². The van der Waals surface area contributed by atoms with Crippen LogP contribution in [0.3, 0.4) is 0 Å². The second-order valence-corrected chi connectivity index (χ2v) is 5.97. The lowest BCUT2D eigenvalue weighted by Crippen LogP contribution is -2.24. The summed E-state index contributed by atoms with van der Waals surface area (Å²) in [6.45, 7) is 4.23. The van der Waals surface area contributed by atoms with Gasteiger partial charge in [0.1, 0.15) is 0 Å². The van der Waals surface area contributed by atoms with Crippen LogP contribution in [0.25, 0.3) is 0 Å². The molecule has 0 aliphatic carbocycles. The van der Waals surface area contributed by atoms with Gasteiger partial charge in [0.25, 0.3) is 0 Å². The molecule has 96 valence electrons. The Balaban J connectivity index is 2.37. The molecule has 1 aromatic carbocycles. The van der Waals surface area contributed by atoms with E-state index in [0.29, 0.717) is 6.04 Å². The van der Waals surface area contributed by atoms with Crippen molar-refractivity contribution in [2.75, 3.05) is 12.8 Å². The van der Waals surface area contributed by atoms with Crippen molar-refractivity contribution in [3.05, 3.63) is 29.8 Å². The lowest BCUT2D eigenvalue weighted by Gasteiger charge is -2.12. The molecule has 0 saturated carbocycles. The molecule has 2 atom stereocenters. The van der Waals surface area contributed by atoms with E-state index in [1.54, 1.807) is 0 Å². The van der Waals surface area contributed by atoms with Gasteiger partial charge in [0, 0.05) is 16.7 Å². The number of hydrogen-bond donors (Lipinski definition) is 1. The average Bonchev–Trinajstić information content (AvgIpc) is 2.35. The van der Waals surface area contributed by atoms with Crippen LogP contribution in [0, 0.1) is 6.92 Å². The van der Waals surface area contributed by atoms with E-state index in [1.165, 1.54) is 5.56 Å². The fourth-order valence-electron chi connectivity index (χ4n) is 1.82. The van der Waals surface area contributed by atoms with Gasteiger partial charge in [-0.1, -0.05) is 24.6 Å². The van der Waals surface area contributed by atoms with Gasteiger partial charge in [-0.2, -0.15) is 0 Å². The molecule has 1 rings (SSSR count). The first-order valence-electron chi connectivity index (χ1n) is 6.29. The minimum Gasteiger partial charge on any atom is -0.317 e. The van der Waals surface area contributed by atoms with E-state index >= 15 is 0 Å². The summed E-state index contributed by atoms with van der Waals surface area (Å²) in [4.78, 5) is 0.952. The minimum atomic E-state index is -0.840. The third kappa shape index (κ3) is 5.00. The van der Waals surface area contributed by atoms with Gasteiger partial charge in [-0.05, 0) is 45.4 Å². The summed E-state index contributed by atoms with van der Waals surface area (Å²) in [6.07, 6.45) is 3.25. The van der Waals surface area contributed by atoms with Crippen molar-refractivity contribution in [1.82, 2.24) is 5.32 Å². The molecule has 0 aliphatic rings. The second kappa shape index (κ2) is 7.62. The van der Waals surface area contributed by atoms with Crippen molar-refractivity contribution in [1.29, 1.82) is 0 Å². The van der Waals surface area contributed by atoms with Crippen LogP contribution in [0.5, 0.6) is 0 Å². The molecule has 17 heavy (non-hydrogen) atoms. The standard InChI is InChI=1S/C14H23NOS/c1-4-13(15-3)6-5-11-17(16)14-9-7-12(2)8-10-14/h7-10,13,15H,4-6,11H2,1-3H3. The van der Waals surface area contributed by atoms with E-state index in [-0.39, 0.29) is 0 Å². The highest BCUT2D eigenvalue weighted by Crippen LogP contribution is 2.11. The molecular weight excluding hydrogens is 230 g/mol. The third-order valence-corrected chi connectivity index (χ3v) is 4.52. The molecule has 0 spiro atoms. The monoisotopic (exact) mass is 253 g/mol. The van der Waals surface area contributed by atoms with Crippen LogP contribution < -0.4 is 5.32 Å². The molecule has 2 unspecified atom stereocenters. The Morgan fingerprint density at radius 3 is 2.47 bits per heavy atom. The van der Waals surface area contributed by atoms with E-state index in [0.717, 1.165) is 29.9 Å². The van der Waals surface area contributed by atoms with Crippen molar-refractivity contribution in [2.45, 2.75) is 44.0 Å². The number of aryl methyl sites for hydroxylation is 1. The van der Waals surface area contributed by atoms with Crippen LogP contribution in [-0.4, -0.2) is 23.1 Å². The topological polar surface area (TPSA) is 29.1 Å². The van der Waals surface area contributed by atoms with Gasteiger partial charge in [0.2, 0.25) is 0 Å². The predicted molar refractivity (Wildman–Crippen MR) is 74.8 cm³/mol. The van der Waals surface area contributed by atoms with Crippen LogP contribution in [0.15, 0.2) is 29.2 Å². The van der Waals surface area contributed by atoms with Crippen molar-refractivity contribution in [3.63, 3.8) is 0 Å². The van der Waals surface area contributed by atoms with Crippen LogP contribution in [-0.2, 0) is 10.8 Å². The Bertz CT molecular complexity index is 344. The molecule has 0 radical (unpaired) electrons. The van der Waals surface area contributed by atoms with E-state index < -0.39 is 10.8 Å². The Kier molecular flexibility index (Phi) is 6.45. The molecule has 2 nitrogen and oxygen atoms in total. The molecular formula is C14H23NOS. The third-order valence-electron chi connectivity index (χ3n) is 3.07. The quantitative estimate of drug-likeness (QED) is 0.809. The summed E-state index contributed by atoms with van der Waals surface area (Å²) in [5.74, 6) is 0.765. The van der Waals surface area contributed by atoms with Gasteiger partial charge in [-0.15, -0.1) is 0 Å². The highest BCUT2D eigenvalue weighted by molar-refractivity contribution is 7.85. The second-order valence-electron chi connectivity index (χ2n) is 4.40. The van der Waals surface area contributed by atoms with Crippen LogP contribution >= 0.6 is 0 Å². The Hall–Kier alpha value is -0.670. The normalized spacial score (nSPS) is 14.5. The molecule has 0 saturated heterocycles. The largest absolute Gasteiger partial charge is 0.317 e. The highest BCUT2D eigenvalue weighted by Gasteiger charge is 2.06. The number of rotatable bonds is 7. The lowest BCUT2D eigenvalue weighted by molar-refractivity contribution is 0.503. The summed E-state index contributed by atoms with van der Waals surface area (Å²) in [7, 11) is 1.15. The zero-order valence-electron chi connectivity index (χ0n) is 11.0. The summed E-state index contributed by atoms with van der Waals surface area (Å²) in [5.41, 5.74) is 1.21. The van der Waals surface area contributed by atoms with E-state index in [1.807, 2.05) is 38.2 Å². The van der Waals surface area contributed by atoms with Crippen LogP contribution in [0.4, 0.5) is 0 Å². The summed E-state index contributed by atoms with van der Waals surface area (Å²) < 4.78 is 12.0. The maximum Gasteiger partial charge on any atom is 0.0529 e. The Labute approximate surface area is 107 Å². The van der Waals surface area contributed by atoms with Crippen LogP contribution in [0.1, 0.15) is 31.7 Å². The maximum absolute atomic E-state index is 12.0. The van der Waals surface area contributed by atoms with Gasteiger partial charge >= 0.3 is 0 Å². The molecule has 0 heterocycles. The van der Waals surface area contributed by atoms with Gasteiger partial charge < -0.3 is 5.32 Å². The van der Waals surface area contributed by atoms with Gasteiger partial charge in [0.15, 0.2) is 0 Å². The predicted octanol–water partition coefficient (Wildman–Crippen LogP) is 2.88. The van der Waals surface area contributed by atoms with Crippen molar-refractivity contribution < 1.29 is 4.21 Å². The van der Waals surface area contributed by atoms with Crippen molar-refractivity contribution in [2.24, 2.45) is 0 Å². The zero-order chi connectivity index (χ0) is 12.7. The van der Waals surface area contributed by atoms with Gasteiger partial charge in [-0.3, -0.25) is 4.21 Å². The number of benzene rings is 1. The average molecular weight is 253 g/mol. The molecule has 1 aromatic rings. The first-order valence-corrected chi connectivity index (χ1v) is 7.61. The number of nitrogens with one attached hydrogen (secondary N) is 1. The summed E-state index contributed by atoms with van der Waals surface area (Å²) in [6, 6.07) is 8.55. The van der Waals surface area contributed by atoms with Crippen molar-refractivity contribution in [3.8, 4) is 0 Å². The molecule has 1 N–H and O–H groups in total. The Morgan fingerprint density at radius 2 is 1.94 bits per heavy atom. The zero-order valence-corrected chi connectivity index (χ0v) is 11.8. The van der Waals surface area contributed by atoms with E-state index in [9.17, 15) is 4.21 Å². The lowest BCUT2D eigenvalue weighted by atomic mass is 10.1. The van der Waals surface area contributed by atoms with Gasteiger partial charge in [-0.25, -0.2) is 0 Å². The first kappa shape index (κ1) is 14.4. The SMILES string of the molecule is CCC(CCCS(=O)c1ccc(C)cc1)NC. The molecule has 0 bridgehead atoms. The highest BCUT2D eigenvalue weighted by atomic mass is 32.2. The minimum absolute atomic E-state index is 0.560. The van der Waals surface area contributed by atoms with Crippen LogP contribution in [0.2, 0.25) is 0 Å². The summed E-state index contributed by atoms with van der Waals surface area (Å²) in [5, 5.41) is 3.27. The molecule has 0 fully saturated rings. The fraction of sp³-hybridized carbons (Fsp3) is 0.571.